The second-order valence-electron chi connectivity index (χ2n) is 2.44. The predicted molar refractivity (Wildman–Crippen MR) is 54.8 cm³/mol. The Morgan fingerprint density at radius 3 is 2.92 bits per heavy atom. The first-order valence-electron chi connectivity index (χ1n) is 3.57. The van der Waals surface area contributed by atoms with Crippen LogP contribution in [0.25, 0.3) is 11.3 Å². The van der Waals surface area contributed by atoms with Gasteiger partial charge in [-0.15, -0.1) is 0 Å². The van der Waals surface area contributed by atoms with Gasteiger partial charge in [-0.25, -0.2) is 9.97 Å². The number of thiophene rings is 1. The van der Waals surface area contributed by atoms with Crippen molar-refractivity contribution in [3.05, 3.63) is 28.3 Å². The van der Waals surface area contributed by atoms with E-state index < -0.39 is 0 Å². The van der Waals surface area contributed by atoms with Gasteiger partial charge < -0.3 is 5.73 Å². The van der Waals surface area contributed by atoms with Crippen LogP contribution in [0.4, 0.5) is 5.69 Å². The molecule has 0 atom stereocenters. The van der Waals surface area contributed by atoms with E-state index in [9.17, 15) is 0 Å². The molecule has 13 heavy (non-hydrogen) atoms. The van der Waals surface area contributed by atoms with Crippen LogP contribution in [0.3, 0.4) is 0 Å². The number of hydrogen-bond acceptors (Lipinski definition) is 4. The third-order valence-electron chi connectivity index (χ3n) is 1.63. The SMILES string of the molecule is Nc1c(Cl)ncnc1-c1ccsc1. The van der Waals surface area contributed by atoms with Crippen molar-refractivity contribution in [2.24, 2.45) is 0 Å². The Hall–Kier alpha value is -1.13. The van der Waals surface area contributed by atoms with Gasteiger partial charge in [0.25, 0.3) is 0 Å². The zero-order valence-electron chi connectivity index (χ0n) is 6.57. The smallest absolute Gasteiger partial charge is 0.155 e. The first-order valence-corrected chi connectivity index (χ1v) is 4.89. The van der Waals surface area contributed by atoms with Crippen LogP contribution in [0.2, 0.25) is 5.15 Å². The van der Waals surface area contributed by atoms with Crippen LogP contribution in [0.1, 0.15) is 0 Å². The molecule has 0 saturated heterocycles. The van der Waals surface area contributed by atoms with Crippen molar-refractivity contribution in [3.63, 3.8) is 0 Å². The lowest BCUT2D eigenvalue weighted by atomic mass is 10.2. The summed E-state index contributed by atoms with van der Waals surface area (Å²) in [7, 11) is 0. The summed E-state index contributed by atoms with van der Waals surface area (Å²) in [5, 5.41) is 4.23. The molecule has 3 nitrogen and oxygen atoms in total. The number of rotatable bonds is 1. The molecule has 0 spiro atoms. The molecule has 2 rings (SSSR count). The van der Waals surface area contributed by atoms with Crippen molar-refractivity contribution in [2.75, 3.05) is 5.73 Å². The largest absolute Gasteiger partial charge is 0.394 e. The summed E-state index contributed by atoms with van der Waals surface area (Å²) in [6.07, 6.45) is 1.41. The Labute approximate surface area is 84.2 Å². The average molecular weight is 212 g/mol. The molecule has 0 aromatic carbocycles. The van der Waals surface area contributed by atoms with Crippen LogP contribution in [-0.4, -0.2) is 9.97 Å². The fourth-order valence-electron chi connectivity index (χ4n) is 1.00. The summed E-state index contributed by atoms with van der Waals surface area (Å²) in [6, 6.07) is 1.94. The summed E-state index contributed by atoms with van der Waals surface area (Å²) in [6.45, 7) is 0. The molecule has 0 aliphatic rings. The molecule has 0 bridgehead atoms. The maximum atomic E-state index is 5.76. The van der Waals surface area contributed by atoms with Gasteiger partial charge in [0.2, 0.25) is 0 Å². The molecule has 5 heteroatoms. The highest BCUT2D eigenvalue weighted by atomic mass is 35.5. The van der Waals surface area contributed by atoms with Crippen molar-refractivity contribution >= 4 is 28.6 Å². The first kappa shape index (κ1) is 8.47. The highest BCUT2D eigenvalue weighted by molar-refractivity contribution is 7.08. The van der Waals surface area contributed by atoms with Crippen LogP contribution in [-0.2, 0) is 0 Å². The van der Waals surface area contributed by atoms with Crippen LogP contribution in [0, 0.1) is 0 Å². The van der Waals surface area contributed by atoms with Crippen LogP contribution in [0.5, 0.6) is 0 Å². The number of nitrogens with zero attached hydrogens (tertiary/aromatic N) is 2. The standard InChI is InChI=1S/C8H6ClN3S/c9-8-6(10)7(11-4-12-8)5-1-2-13-3-5/h1-4H,10H2. The quantitative estimate of drug-likeness (QED) is 0.738. The zero-order valence-corrected chi connectivity index (χ0v) is 8.14. The highest BCUT2D eigenvalue weighted by Gasteiger charge is 2.07. The molecule has 0 aliphatic heterocycles. The van der Waals surface area contributed by atoms with Crippen LogP contribution >= 0.6 is 22.9 Å². The van der Waals surface area contributed by atoms with Crippen molar-refractivity contribution in [1.29, 1.82) is 0 Å². The van der Waals surface area contributed by atoms with Gasteiger partial charge in [0.05, 0.1) is 11.4 Å². The molecule has 0 radical (unpaired) electrons. The second-order valence-corrected chi connectivity index (χ2v) is 3.58. The predicted octanol–water partition coefficient (Wildman–Crippen LogP) is 2.44. The summed E-state index contributed by atoms with van der Waals surface area (Å²) in [5.74, 6) is 0. The summed E-state index contributed by atoms with van der Waals surface area (Å²) in [4.78, 5) is 7.85. The lowest BCUT2D eigenvalue weighted by molar-refractivity contribution is 1.18. The molecule has 2 heterocycles. The van der Waals surface area contributed by atoms with E-state index in [4.69, 9.17) is 17.3 Å². The Kier molecular flexibility index (Phi) is 2.16. The number of hydrogen-bond donors (Lipinski definition) is 1. The normalized spacial score (nSPS) is 10.2. The number of halogens is 1. The van der Waals surface area contributed by atoms with Crippen molar-refractivity contribution in [1.82, 2.24) is 9.97 Å². The number of nitrogen functional groups attached to an aromatic ring is 1. The topological polar surface area (TPSA) is 51.8 Å². The molecule has 0 fully saturated rings. The molecule has 0 unspecified atom stereocenters. The van der Waals surface area contributed by atoms with Crippen molar-refractivity contribution in [2.45, 2.75) is 0 Å². The maximum Gasteiger partial charge on any atom is 0.155 e. The Bertz CT molecular complexity index is 413. The molecule has 2 N–H and O–H groups in total. The third kappa shape index (κ3) is 1.50. The minimum absolute atomic E-state index is 0.302. The van der Waals surface area contributed by atoms with E-state index in [2.05, 4.69) is 9.97 Å². The molecule has 0 aliphatic carbocycles. The van der Waals surface area contributed by atoms with Gasteiger partial charge in [0.1, 0.15) is 6.33 Å². The van der Waals surface area contributed by atoms with Crippen LogP contribution < -0.4 is 5.73 Å². The second kappa shape index (κ2) is 3.32. The Morgan fingerprint density at radius 2 is 2.23 bits per heavy atom. The van der Waals surface area contributed by atoms with E-state index in [-0.39, 0.29) is 0 Å². The Morgan fingerprint density at radius 1 is 1.38 bits per heavy atom. The zero-order chi connectivity index (χ0) is 9.26. The summed E-state index contributed by atoms with van der Waals surface area (Å²) in [5.41, 5.74) is 7.83. The molecule has 2 aromatic heterocycles. The fourth-order valence-corrected chi connectivity index (χ4v) is 1.78. The summed E-state index contributed by atoms with van der Waals surface area (Å²) >= 11 is 7.35. The van der Waals surface area contributed by atoms with E-state index in [0.29, 0.717) is 16.5 Å². The molecule has 2 aromatic rings. The molecule has 66 valence electrons. The highest BCUT2D eigenvalue weighted by Crippen LogP contribution is 2.28. The van der Waals surface area contributed by atoms with E-state index in [1.54, 1.807) is 11.3 Å². The van der Waals surface area contributed by atoms with Crippen molar-refractivity contribution in [3.8, 4) is 11.3 Å². The third-order valence-corrected chi connectivity index (χ3v) is 2.61. The van der Waals surface area contributed by atoms with Crippen molar-refractivity contribution < 1.29 is 0 Å². The van der Waals surface area contributed by atoms with E-state index >= 15 is 0 Å². The van der Waals surface area contributed by atoms with E-state index in [1.807, 2.05) is 16.8 Å². The molecule has 0 saturated carbocycles. The van der Waals surface area contributed by atoms with Crippen LogP contribution in [0.15, 0.2) is 23.2 Å². The number of aromatic nitrogens is 2. The minimum atomic E-state index is 0.302. The monoisotopic (exact) mass is 211 g/mol. The van der Waals surface area contributed by atoms with Gasteiger partial charge in [-0.2, -0.15) is 11.3 Å². The molecular weight excluding hydrogens is 206 g/mol. The minimum Gasteiger partial charge on any atom is -0.394 e. The van der Waals surface area contributed by atoms with E-state index in [1.165, 1.54) is 6.33 Å². The lowest BCUT2D eigenvalue weighted by Gasteiger charge is -2.01. The van der Waals surface area contributed by atoms with Gasteiger partial charge in [-0.1, -0.05) is 11.6 Å². The Balaban J connectivity index is 2.59. The van der Waals surface area contributed by atoms with Gasteiger partial charge >= 0.3 is 0 Å². The maximum absolute atomic E-state index is 5.76. The van der Waals surface area contributed by atoms with Gasteiger partial charge in [-0.05, 0) is 11.4 Å². The first-order chi connectivity index (χ1) is 6.29. The van der Waals surface area contributed by atoms with Gasteiger partial charge in [-0.3, -0.25) is 0 Å². The van der Waals surface area contributed by atoms with Gasteiger partial charge in [0, 0.05) is 10.9 Å². The van der Waals surface area contributed by atoms with E-state index in [0.717, 1.165) is 5.56 Å². The van der Waals surface area contributed by atoms with Gasteiger partial charge in [0.15, 0.2) is 5.15 Å². The number of anilines is 1. The number of nitrogens with two attached hydrogens (primary N) is 1. The molecule has 0 amide bonds. The lowest BCUT2D eigenvalue weighted by Crippen LogP contribution is -1.95. The average Bonchev–Trinajstić information content (AvgIpc) is 2.62. The molecular formula is C8H6ClN3S. The summed E-state index contributed by atoms with van der Waals surface area (Å²) < 4.78 is 0. The fraction of sp³-hybridized carbons (Fsp3) is 0.